The number of nitriles is 1. The van der Waals surface area contributed by atoms with Crippen molar-refractivity contribution in [1.82, 2.24) is 4.98 Å². The summed E-state index contributed by atoms with van der Waals surface area (Å²) in [5.74, 6) is -1.81. The average Bonchev–Trinajstić information content (AvgIpc) is 3.55. The third kappa shape index (κ3) is 5.42. The van der Waals surface area contributed by atoms with Gasteiger partial charge in [-0.1, -0.05) is 49.4 Å². The quantitative estimate of drug-likeness (QED) is 0.193. The number of aromatic nitrogens is 1. The minimum Gasteiger partial charge on any atom is -0.462 e. The molecule has 10 heteroatoms. The highest BCUT2D eigenvalue weighted by molar-refractivity contribution is 7.21. The maximum Gasteiger partial charge on any atom is 0.348 e. The molecule has 0 aliphatic heterocycles. The SMILES string of the molecule is CCOC(=O)c1sc(NC(=O)C(CC)OC(=O)c2cccc3cccc(-c4nc5ccccc5s4)c23)c(C#N)c1C. The lowest BCUT2D eigenvalue weighted by molar-refractivity contribution is -0.124. The minimum atomic E-state index is -1.13. The average molecular weight is 584 g/mol. The van der Waals surface area contributed by atoms with Crippen molar-refractivity contribution in [1.29, 1.82) is 5.26 Å². The summed E-state index contributed by atoms with van der Waals surface area (Å²) in [6.07, 6.45) is -0.934. The minimum absolute atomic E-state index is 0.169. The third-order valence-corrected chi connectivity index (χ3v) is 8.77. The van der Waals surface area contributed by atoms with Gasteiger partial charge in [0.1, 0.15) is 21.0 Å². The molecule has 0 radical (unpaired) electrons. The molecule has 1 N–H and O–H groups in total. The number of hydrogen-bond acceptors (Lipinski definition) is 9. The zero-order valence-electron chi connectivity index (χ0n) is 22.5. The molecule has 8 nitrogen and oxygen atoms in total. The molecule has 0 spiro atoms. The van der Waals surface area contributed by atoms with Crippen LogP contribution in [0.5, 0.6) is 0 Å². The van der Waals surface area contributed by atoms with Crippen molar-refractivity contribution in [2.45, 2.75) is 33.3 Å². The van der Waals surface area contributed by atoms with Crippen molar-refractivity contribution in [3.63, 3.8) is 0 Å². The highest BCUT2D eigenvalue weighted by atomic mass is 32.1. The third-order valence-electron chi connectivity index (χ3n) is 6.52. The number of fused-ring (bicyclic) bond motifs is 2. The van der Waals surface area contributed by atoms with Crippen LogP contribution in [-0.4, -0.2) is 35.5 Å². The Labute approximate surface area is 244 Å². The Hall–Kier alpha value is -4.59. The molecule has 2 heterocycles. The first-order valence-electron chi connectivity index (χ1n) is 13.0. The molecule has 5 aromatic rings. The second-order valence-electron chi connectivity index (χ2n) is 9.08. The molecule has 2 aromatic heterocycles. The van der Waals surface area contributed by atoms with Crippen LogP contribution in [0.15, 0.2) is 60.7 Å². The summed E-state index contributed by atoms with van der Waals surface area (Å²) in [6.45, 7) is 5.22. The second-order valence-corrected chi connectivity index (χ2v) is 11.1. The summed E-state index contributed by atoms with van der Waals surface area (Å²) in [6, 6.07) is 21.0. The number of anilines is 1. The van der Waals surface area contributed by atoms with Crippen LogP contribution in [0.4, 0.5) is 5.00 Å². The summed E-state index contributed by atoms with van der Waals surface area (Å²) in [4.78, 5) is 44.1. The first-order valence-corrected chi connectivity index (χ1v) is 14.6. The number of rotatable bonds is 8. The molecule has 0 saturated heterocycles. The molecular weight excluding hydrogens is 558 g/mol. The summed E-state index contributed by atoms with van der Waals surface area (Å²) in [7, 11) is 0. The van der Waals surface area contributed by atoms with E-state index in [0.717, 1.165) is 37.5 Å². The van der Waals surface area contributed by atoms with Gasteiger partial charge < -0.3 is 14.8 Å². The predicted octanol–water partition coefficient (Wildman–Crippen LogP) is 7.11. The van der Waals surface area contributed by atoms with E-state index in [1.165, 1.54) is 11.3 Å². The van der Waals surface area contributed by atoms with Gasteiger partial charge in [-0.25, -0.2) is 14.6 Å². The summed E-state index contributed by atoms with van der Waals surface area (Å²) >= 11 is 2.49. The lowest BCUT2D eigenvalue weighted by Gasteiger charge is -2.17. The maximum absolute atomic E-state index is 13.6. The van der Waals surface area contributed by atoms with Crippen LogP contribution in [0.2, 0.25) is 0 Å². The topological polar surface area (TPSA) is 118 Å². The number of carbonyl (C=O) groups is 3. The first-order chi connectivity index (χ1) is 19.9. The lowest BCUT2D eigenvalue weighted by Crippen LogP contribution is -2.32. The number of esters is 2. The number of thiazole rings is 1. The van der Waals surface area contributed by atoms with E-state index in [-0.39, 0.29) is 28.5 Å². The van der Waals surface area contributed by atoms with Crippen LogP contribution in [0, 0.1) is 18.3 Å². The molecule has 0 bridgehead atoms. The van der Waals surface area contributed by atoms with Gasteiger partial charge in [-0.3, -0.25) is 4.79 Å². The van der Waals surface area contributed by atoms with Gasteiger partial charge in [0.25, 0.3) is 5.91 Å². The Morgan fingerprint density at radius 2 is 1.76 bits per heavy atom. The van der Waals surface area contributed by atoms with E-state index >= 15 is 0 Å². The van der Waals surface area contributed by atoms with Crippen molar-refractivity contribution in [2.24, 2.45) is 0 Å². The van der Waals surface area contributed by atoms with Gasteiger partial charge in [0.05, 0.1) is 28.0 Å². The Kier molecular flexibility index (Phi) is 8.10. The van der Waals surface area contributed by atoms with E-state index in [0.29, 0.717) is 16.5 Å². The van der Waals surface area contributed by atoms with Crippen molar-refractivity contribution >= 4 is 66.5 Å². The van der Waals surface area contributed by atoms with Crippen molar-refractivity contribution in [3.8, 4) is 16.6 Å². The van der Waals surface area contributed by atoms with Gasteiger partial charge in [-0.15, -0.1) is 22.7 Å². The molecule has 3 aromatic carbocycles. The molecule has 1 atom stereocenters. The van der Waals surface area contributed by atoms with Crippen LogP contribution < -0.4 is 5.32 Å². The number of ether oxygens (including phenoxy) is 2. The Morgan fingerprint density at radius 1 is 1.00 bits per heavy atom. The molecule has 41 heavy (non-hydrogen) atoms. The Bertz CT molecular complexity index is 1810. The molecule has 1 unspecified atom stereocenters. The zero-order valence-corrected chi connectivity index (χ0v) is 24.2. The Balaban J connectivity index is 1.44. The van der Waals surface area contributed by atoms with Crippen LogP contribution in [0.3, 0.4) is 0 Å². The largest absolute Gasteiger partial charge is 0.462 e. The molecule has 0 saturated carbocycles. The van der Waals surface area contributed by atoms with Gasteiger partial charge in [0.2, 0.25) is 0 Å². The maximum atomic E-state index is 13.6. The van der Waals surface area contributed by atoms with E-state index in [9.17, 15) is 19.6 Å². The van der Waals surface area contributed by atoms with Gasteiger partial charge >= 0.3 is 11.9 Å². The van der Waals surface area contributed by atoms with Gasteiger partial charge in [0.15, 0.2) is 6.10 Å². The monoisotopic (exact) mass is 583 g/mol. The molecule has 5 rings (SSSR count). The van der Waals surface area contributed by atoms with Crippen molar-refractivity contribution in [2.75, 3.05) is 11.9 Å². The van der Waals surface area contributed by atoms with E-state index in [1.54, 1.807) is 32.9 Å². The van der Waals surface area contributed by atoms with E-state index in [1.807, 2.05) is 54.6 Å². The summed E-state index contributed by atoms with van der Waals surface area (Å²) < 4.78 is 11.8. The number of para-hydroxylation sites is 1. The fourth-order valence-corrected chi connectivity index (χ4v) is 6.56. The number of carbonyl (C=O) groups excluding carboxylic acids is 3. The standard InChI is InChI=1S/C31H25N3O5S2/c1-4-23(27(35)34-29-21(16-32)17(3)26(41-29)31(37)38-5-2)39-30(36)20-13-9-11-18-10-8-12-19(25(18)20)28-33-22-14-6-7-15-24(22)40-28/h6-15,23H,4-5H2,1-3H3,(H,34,35). The predicted molar refractivity (Wildman–Crippen MR) is 160 cm³/mol. The van der Waals surface area contributed by atoms with Crippen LogP contribution >= 0.6 is 22.7 Å². The number of amides is 1. The Morgan fingerprint density at radius 3 is 2.46 bits per heavy atom. The fraction of sp³-hybridized carbons (Fsp3) is 0.194. The molecular formula is C31H25N3O5S2. The number of benzene rings is 3. The highest BCUT2D eigenvalue weighted by Gasteiger charge is 2.28. The number of hydrogen-bond donors (Lipinski definition) is 1. The second kappa shape index (κ2) is 11.9. The summed E-state index contributed by atoms with van der Waals surface area (Å²) in [5, 5.41) is 14.8. The van der Waals surface area contributed by atoms with Gasteiger partial charge in [-0.05, 0) is 49.4 Å². The van der Waals surface area contributed by atoms with Gasteiger partial charge in [0, 0.05) is 10.9 Å². The van der Waals surface area contributed by atoms with Crippen molar-refractivity contribution in [3.05, 3.63) is 82.2 Å². The lowest BCUT2D eigenvalue weighted by atomic mass is 9.99. The first kappa shape index (κ1) is 28.0. The van der Waals surface area contributed by atoms with Crippen LogP contribution in [0.1, 0.15) is 51.4 Å². The number of nitrogens with one attached hydrogen (secondary N) is 1. The highest BCUT2D eigenvalue weighted by Crippen LogP contribution is 2.37. The molecule has 206 valence electrons. The fourth-order valence-electron chi connectivity index (χ4n) is 4.51. The normalized spacial score (nSPS) is 11.7. The van der Waals surface area contributed by atoms with Crippen LogP contribution in [0.25, 0.3) is 31.6 Å². The van der Waals surface area contributed by atoms with E-state index in [2.05, 4.69) is 5.32 Å². The zero-order chi connectivity index (χ0) is 29.1. The molecule has 0 aliphatic carbocycles. The molecule has 1 amide bonds. The number of thiophene rings is 1. The van der Waals surface area contributed by atoms with Gasteiger partial charge in [-0.2, -0.15) is 5.26 Å². The smallest absolute Gasteiger partial charge is 0.348 e. The van der Waals surface area contributed by atoms with Crippen molar-refractivity contribution < 1.29 is 23.9 Å². The molecule has 0 aliphatic rings. The van der Waals surface area contributed by atoms with Crippen LogP contribution in [-0.2, 0) is 14.3 Å². The van der Waals surface area contributed by atoms with E-state index in [4.69, 9.17) is 14.5 Å². The molecule has 0 fully saturated rings. The number of nitrogens with zero attached hydrogens (tertiary/aromatic N) is 2. The van der Waals surface area contributed by atoms with E-state index < -0.39 is 23.9 Å². The summed E-state index contributed by atoms with van der Waals surface area (Å²) in [5.41, 5.74) is 2.58.